The first kappa shape index (κ1) is 21.6. The summed E-state index contributed by atoms with van der Waals surface area (Å²) in [6, 6.07) is 0. The van der Waals surface area contributed by atoms with Crippen LogP contribution in [0.25, 0.3) is 0 Å². The molecular formula is C23H44N6O. The number of likely N-dealkylation sites (tertiary alicyclic amines) is 3. The Balaban J connectivity index is 1.51. The summed E-state index contributed by atoms with van der Waals surface area (Å²) in [4.78, 5) is 10.8. The highest BCUT2D eigenvalue weighted by molar-refractivity contribution is 4.99. The van der Waals surface area contributed by atoms with E-state index in [-0.39, 0.29) is 5.85 Å². The monoisotopic (exact) mass is 420 g/mol. The minimum absolute atomic E-state index is 0.271. The number of piperidine rings is 2. The Labute approximate surface area is 183 Å². The largest absolute Gasteiger partial charge is 0.343 e. The average molecular weight is 421 g/mol. The van der Waals surface area contributed by atoms with Crippen LogP contribution in [0.2, 0.25) is 0 Å². The van der Waals surface area contributed by atoms with Crippen LogP contribution in [-0.2, 0) is 4.74 Å². The zero-order valence-corrected chi connectivity index (χ0v) is 19.3. The molecule has 1 atom stereocenters. The normalized spacial score (nSPS) is 34.5. The molecule has 7 heteroatoms. The molecule has 0 N–H and O–H groups in total. The van der Waals surface area contributed by atoms with Gasteiger partial charge in [-0.25, -0.2) is 10.0 Å². The molecule has 172 valence electrons. The zero-order valence-electron chi connectivity index (χ0n) is 19.3. The van der Waals surface area contributed by atoms with Crippen LogP contribution in [0.1, 0.15) is 51.4 Å². The maximum Gasteiger partial charge on any atom is 0.211 e. The molecule has 0 amide bonds. The lowest BCUT2D eigenvalue weighted by atomic mass is 10.0. The number of ether oxygens (including phenoxy) is 1. The summed E-state index contributed by atoms with van der Waals surface area (Å²) in [6.07, 6.45) is 11.0. The standard InChI is InChI=1S/C23H44N6O/c1-24-16-18-28(19-17-24)29-20-21-30-23(26-12-4-2-5-13-26,27-14-6-3-7-15-27)22(29)25-10-8-9-11-25/h22H,2-21H2,1H3. The lowest BCUT2D eigenvalue weighted by Gasteiger charge is -2.63. The molecule has 0 aliphatic carbocycles. The van der Waals surface area contributed by atoms with Gasteiger partial charge in [-0.05, 0) is 58.7 Å². The van der Waals surface area contributed by atoms with Gasteiger partial charge in [-0.3, -0.25) is 14.7 Å². The van der Waals surface area contributed by atoms with E-state index in [4.69, 9.17) is 4.74 Å². The molecule has 5 heterocycles. The van der Waals surface area contributed by atoms with Crippen molar-refractivity contribution in [2.24, 2.45) is 0 Å². The van der Waals surface area contributed by atoms with E-state index < -0.39 is 0 Å². The van der Waals surface area contributed by atoms with Crippen LogP contribution >= 0.6 is 0 Å². The predicted molar refractivity (Wildman–Crippen MR) is 120 cm³/mol. The Bertz CT molecular complexity index is 518. The minimum Gasteiger partial charge on any atom is -0.343 e. The van der Waals surface area contributed by atoms with Gasteiger partial charge in [0.25, 0.3) is 0 Å². The van der Waals surface area contributed by atoms with Gasteiger partial charge in [0.05, 0.1) is 6.61 Å². The molecule has 0 saturated carbocycles. The fraction of sp³-hybridized carbons (Fsp3) is 1.00. The van der Waals surface area contributed by atoms with Crippen molar-refractivity contribution in [2.45, 2.75) is 63.4 Å². The van der Waals surface area contributed by atoms with Gasteiger partial charge in [-0.1, -0.05) is 12.8 Å². The van der Waals surface area contributed by atoms with Crippen LogP contribution in [0.3, 0.4) is 0 Å². The van der Waals surface area contributed by atoms with E-state index in [0.717, 1.165) is 26.2 Å². The number of hydrogen-bond acceptors (Lipinski definition) is 7. The van der Waals surface area contributed by atoms with Crippen molar-refractivity contribution in [2.75, 3.05) is 85.6 Å². The van der Waals surface area contributed by atoms with Gasteiger partial charge in [-0.15, -0.1) is 0 Å². The van der Waals surface area contributed by atoms with Crippen molar-refractivity contribution in [1.29, 1.82) is 0 Å². The van der Waals surface area contributed by atoms with Gasteiger partial charge in [0.15, 0.2) is 0 Å². The lowest BCUT2D eigenvalue weighted by Crippen LogP contribution is -2.81. The summed E-state index contributed by atoms with van der Waals surface area (Å²) in [6.45, 7) is 13.7. The van der Waals surface area contributed by atoms with Crippen LogP contribution in [0.15, 0.2) is 0 Å². The highest BCUT2D eigenvalue weighted by atomic mass is 16.5. The van der Waals surface area contributed by atoms with Gasteiger partial charge in [-0.2, -0.15) is 0 Å². The van der Waals surface area contributed by atoms with Gasteiger partial charge in [0, 0.05) is 58.9 Å². The van der Waals surface area contributed by atoms with Crippen molar-refractivity contribution in [3.8, 4) is 0 Å². The number of piperazine rings is 1. The molecule has 1 unspecified atom stereocenters. The van der Waals surface area contributed by atoms with E-state index in [1.165, 1.54) is 104 Å². The van der Waals surface area contributed by atoms with E-state index in [0.29, 0.717) is 6.17 Å². The molecule has 5 aliphatic rings. The van der Waals surface area contributed by atoms with Crippen molar-refractivity contribution in [1.82, 2.24) is 29.6 Å². The van der Waals surface area contributed by atoms with Crippen LogP contribution in [0.4, 0.5) is 0 Å². The average Bonchev–Trinajstić information content (AvgIpc) is 3.35. The Hall–Kier alpha value is -0.280. The highest BCUT2D eigenvalue weighted by Crippen LogP contribution is 2.40. The van der Waals surface area contributed by atoms with Crippen molar-refractivity contribution < 1.29 is 4.74 Å². The molecule has 0 aromatic carbocycles. The van der Waals surface area contributed by atoms with E-state index in [2.05, 4.69) is 36.7 Å². The first-order chi connectivity index (χ1) is 14.8. The van der Waals surface area contributed by atoms with E-state index >= 15 is 0 Å². The van der Waals surface area contributed by atoms with Gasteiger partial charge in [0.1, 0.15) is 6.17 Å². The number of hydrazine groups is 1. The molecule has 5 aliphatic heterocycles. The predicted octanol–water partition coefficient (Wildman–Crippen LogP) is 1.53. The summed E-state index contributed by atoms with van der Waals surface area (Å²) in [5, 5.41) is 5.46. The molecular weight excluding hydrogens is 376 g/mol. The Kier molecular flexibility index (Phi) is 6.96. The summed E-state index contributed by atoms with van der Waals surface area (Å²) in [5.41, 5.74) is 0. The molecule has 0 aromatic heterocycles. The number of rotatable bonds is 4. The fourth-order valence-corrected chi connectivity index (χ4v) is 6.58. The van der Waals surface area contributed by atoms with Crippen molar-refractivity contribution >= 4 is 0 Å². The first-order valence-electron chi connectivity index (χ1n) is 12.9. The Morgan fingerprint density at radius 2 is 1.13 bits per heavy atom. The molecule has 0 aromatic rings. The quantitative estimate of drug-likeness (QED) is 0.681. The maximum absolute atomic E-state index is 7.04. The molecule has 0 spiro atoms. The third-order valence-corrected chi connectivity index (χ3v) is 8.20. The summed E-state index contributed by atoms with van der Waals surface area (Å²) in [5.74, 6) is -0.271. The maximum atomic E-state index is 7.04. The van der Waals surface area contributed by atoms with Gasteiger partial charge >= 0.3 is 0 Å². The number of nitrogens with zero attached hydrogens (tertiary/aromatic N) is 6. The third-order valence-electron chi connectivity index (χ3n) is 8.20. The molecule has 0 bridgehead atoms. The van der Waals surface area contributed by atoms with E-state index in [1.807, 2.05) is 0 Å². The Morgan fingerprint density at radius 1 is 0.600 bits per heavy atom. The van der Waals surface area contributed by atoms with Crippen LogP contribution < -0.4 is 0 Å². The summed E-state index contributed by atoms with van der Waals surface area (Å²) >= 11 is 0. The highest BCUT2D eigenvalue weighted by Gasteiger charge is 2.58. The van der Waals surface area contributed by atoms with E-state index in [1.54, 1.807) is 0 Å². The number of morpholine rings is 1. The first-order valence-corrected chi connectivity index (χ1v) is 12.9. The third kappa shape index (κ3) is 4.07. The second-order valence-corrected chi connectivity index (χ2v) is 10.1. The lowest BCUT2D eigenvalue weighted by molar-refractivity contribution is -0.358. The smallest absolute Gasteiger partial charge is 0.211 e. The molecule has 5 rings (SSSR count). The second-order valence-electron chi connectivity index (χ2n) is 10.1. The minimum atomic E-state index is -0.271. The van der Waals surface area contributed by atoms with E-state index in [9.17, 15) is 0 Å². The molecule has 30 heavy (non-hydrogen) atoms. The number of hydrogen-bond donors (Lipinski definition) is 0. The zero-order chi connectivity index (χ0) is 20.4. The topological polar surface area (TPSA) is 28.7 Å². The molecule has 5 fully saturated rings. The van der Waals surface area contributed by atoms with Gasteiger partial charge < -0.3 is 9.64 Å². The molecule has 7 nitrogen and oxygen atoms in total. The molecule has 0 radical (unpaired) electrons. The fourth-order valence-electron chi connectivity index (χ4n) is 6.58. The Morgan fingerprint density at radius 3 is 1.70 bits per heavy atom. The number of likely N-dealkylation sites (N-methyl/N-ethyl adjacent to an activating group) is 1. The molecule has 5 saturated heterocycles. The summed E-state index contributed by atoms with van der Waals surface area (Å²) < 4.78 is 7.04. The summed E-state index contributed by atoms with van der Waals surface area (Å²) in [7, 11) is 2.26. The van der Waals surface area contributed by atoms with Crippen LogP contribution in [-0.4, -0.2) is 127 Å². The van der Waals surface area contributed by atoms with Crippen LogP contribution in [0.5, 0.6) is 0 Å². The second kappa shape index (κ2) is 9.69. The SMILES string of the molecule is CN1CCN(N2CCOC(N3CCCCC3)(N3CCCCC3)C2N2CCCC2)CC1. The van der Waals surface area contributed by atoms with Crippen molar-refractivity contribution in [3.05, 3.63) is 0 Å². The van der Waals surface area contributed by atoms with Crippen LogP contribution in [0, 0.1) is 0 Å². The van der Waals surface area contributed by atoms with Gasteiger partial charge in [0.2, 0.25) is 5.85 Å². The van der Waals surface area contributed by atoms with Crippen molar-refractivity contribution in [3.63, 3.8) is 0 Å².